The van der Waals surface area contributed by atoms with Crippen LogP contribution in [0.1, 0.15) is 0 Å². The minimum absolute atomic E-state index is 0.691. The van der Waals surface area contributed by atoms with Gasteiger partial charge in [-0.25, -0.2) is 24.9 Å². The maximum absolute atomic E-state index is 7.19. The van der Waals surface area contributed by atoms with Crippen LogP contribution < -0.4 is 42.0 Å². The Balaban J connectivity index is 0.681. The van der Waals surface area contributed by atoms with Crippen LogP contribution in [-0.2, 0) is 0 Å². The highest BCUT2D eigenvalue weighted by molar-refractivity contribution is 7.20. The summed E-state index contributed by atoms with van der Waals surface area (Å²) in [6.45, 7) is 0. The van der Waals surface area contributed by atoms with Gasteiger partial charge in [-0.15, -0.1) is 0 Å². The summed E-state index contributed by atoms with van der Waals surface area (Å²) in [5.74, 6) is 3.65. The summed E-state index contributed by atoms with van der Waals surface area (Å²) in [6.07, 6.45) is 0. The molecule has 0 aliphatic rings. The van der Waals surface area contributed by atoms with Crippen molar-refractivity contribution in [3.8, 4) is 40.1 Å². The molecule has 0 radical (unpaired) electrons. The Morgan fingerprint density at radius 2 is 0.544 bits per heavy atom. The number of hydrogen-bond donors (Lipinski definition) is 0. The summed E-state index contributed by atoms with van der Waals surface area (Å²) < 4.78 is 21.2. The fraction of sp³-hybridized carbons (Fsp3) is 0. The molecule has 14 heteroatoms. The molecule has 584 valence electrons. The molecular weight excluding hydrogens is 1560 g/mol. The average Bonchev–Trinajstić information content (AvgIpc) is 1.22. The molecule has 26 rings (SSSR count). The Hall–Kier alpha value is -16.4. The first-order chi connectivity index (χ1) is 62.0. The van der Waals surface area contributed by atoms with Crippen LogP contribution >= 0.6 is 0 Å². The maximum atomic E-state index is 7.19. The van der Waals surface area contributed by atoms with Gasteiger partial charge in [0.25, 0.3) is 0 Å². The van der Waals surface area contributed by atoms with Crippen LogP contribution in [0.2, 0.25) is 0 Å². The van der Waals surface area contributed by atoms with Crippen molar-refractivity contribution >= 4 is 195 Å². The second kappa shape index (κ2) is 27.6. The van der Waals surface area contributed by atoms with Gasteiger partial charge in [-0.05, 0) is 134 Å². The molecule has 26 aromatic rings. The van der Waals surface area contributed by atoms with Gasteiger partial charge in [0.2, 0.25) is 21.9 Å². The number of imidazole rings is 2. The Morgan fingerprint density at radius 1 is 0.208 bits per heavy atom. The lowest BCUT2D eigenvalue weighted by molar-refractivity contribution is 0.671. The van der Waals surface area contributed by atoms with Gasteiger partial charge >= 0.3 is 0 Å². The quantitative estimate of drug-likeness (QED) is 0.0793. The molecule has 0 atom stereocenters. The zero-order valence-corrected chi connectivity index (χ0v) is 69.3. The predicted molar refractivity (Wildman–Crippen MR) is 518 cm³/mol. The molecule has 0 saturated heterocycles. The highest BCUT2D eigenvalue weighted by Crippen LogP contribution is 2.41. The largest absolute Gasteiger partial charge is 0.456 e. The van der Waals surface area contributed by atoms with Crippen molar-refractivity contribution in [2.24, 2.45) is 0 Å². The van der Waals surface area contributed by atoms with E-state index < -0.39 is 16.1 Å². The molecule has 0 amide bonds. The predicted octanol–water partition coefficient (Wildman–Crippen LogP) is 20.7. The lowest BCUT2D eigenvalue weighted by Crippen LogP contribution is -2.76. The van der Waals surface area contributed by atoms with E-state index >= 15 is 0 Å². The molecule has 0 bridgehead atoms. The molecule has 0 unspecified atom stereocenters. The third-order valence-electron chi connectivity index (χ3n) is 26.1. The summed E-state index contributed by atoms with van der Waals surface area (Å²) >= 11 is 0. The molecule has 0 aliphatic carbocycles. The van der Waals surface area contributed by atoms with Gasteiger partial charge in [0.05, 0.1) is 66.2 Å². The standard InChI is InChI=1S/C111H71N11OSi2/c1-5-32-75(33-6-1)124(76-34-7-2-8-35-76,79-64-62-74(63-65-79)117-91-49-21-13-40-80(91)81-41-14-22-50-92(81)117)109-113-106(119-95-53-25-17-44-84(95)85-45-18-26-54-96(85)119)71-107(116-109)122-101-57-29-28-56-100(101)121-99-67-61-73(69-90(99)112-111(121)122)72-60-66-98-89(68-72)86-46-19-27-55-97(86)120(98)105-70-104(118-93-51-23-15-42-82(93)83-43-16-24-52-94(83)118)114-110(115-105)125(77-36-9-3-10-37-77,78-38-11-4-12-39-78)103-59-31-48-88-87-47-20-30-58-102(87)123-108(88)103/h1-71H. The minimum atomic E-state index is -3.67. The summed E-state index contributed by atoms with van der Waals surface area (Å²) in [5, 5.41) is 18.0. The van der Waals surface area contributed by atoms with Crippen LogP contribution in [0.3, 0.4) is 0 Å². The van der Waals surface area contributed by atoms with Crippen molar-refractivity contribution in [3.05, 3.63) is 431 Å². The summed E-state index contributed by atoms with van der Waals surface area (Å²) in [6, 6.07) is 156. The summed E-state index contributed by atoms with van der Waals surface area (Å²) in [4.78, 5) is 30.3. The second-order valence-electron chi connectivity index (χ2n) is 32.6. The average molecular weight is 1630 g/mol. The topological polar surface area (TPSA) is 107 Å². The molecule has 0 saturated carbocycles. The normalized spacial score (nSPS) is 12.3. The highest BCUT2D eigenvalue weighted by Gasteiger charge is 2.49. The first kappa shape index (κ1) is 70.4. The molecule has 0 N–H and O–H groups in total. The van der Waals surface area contributed by atoms with E-state index in [1.807, 2.05) is 0 Å². The molecule has 0 fully saturated rings. The number of aromatic nitrogens is 11. The smallest absolute Gasteiger partial charge is 0.229 e. The van der Waals surface area contributed by atoms with Crippen molar-refractivity contribution in [2.75, 3.05) is 0 Å². The monoisotopic (exact) mass is 1630 g/mol. The zero-order chi connectivity index (χ0) is 82.0. The fourth-order valence-corrected chi connectivity index (χ4v) is 29.7. The van der Waals surface area contributed by atoms with E-state index in [1.54, 1.807) is 0 Å². The second-order valence-corrected chi connectivity index (χ2v) is 39.9. The van der Waals surface area contributed by atoms with Crippen LogP contribution in [0.4, 0.5) is 0 Å². The van der Waals surface area contributed by atoms with Crippen molar-refractivity contribution in [1.82, 2.24) is 52.2 Å². The maximum Gasteiger partial charge on any atom is 0.229 e. The Morgan fingerprint density at radius 3 is 1.01 bits per heavy atom. The number of para-hydroxylation sites is 11. The van der Waals surface area contributed by atoms with Gasteiger partial charge in [-0.3, -0.25) is 22.7 Å². The van der Waals surface area contributed by atoms with Crippen LogP contribution in [0.25, 0.3) is 177 Å². The van der Waals surface area contributed by atoms with E-state index in [2.05, 4.69) is 458 Å². The molecule has 9 heterocycles. The molecule has 0 spiro atoms. The highest BCUT2D eigenvalue weighted by atomic mass is 28.3. The molecule has 12 nitrogen and oxygen atoms in total. The van der Waals surface area contributed by atoms with E-state index in [0.29, 0.717) is 5.82 Å². The SMILES string of the molecule is c1ccc([Si](c2ccccc2)(c2ccc(-n3c4ccccc4c4ccccc43)cc2)c2nc(-n3c4ccccc4c4ccccc43)cc(-n3c4ccccc4n4c5ccc(-c6ccc7c(c6)c6ccccc6n7-c6cc(-n7c8ccccc8c8ccccc87)nc([Si](c7ccccc7)(c7ccccc7)c7cccc8c7oc7ccccc78)n6)cc5nc34)n2)cc1. The minimum Gasteiger partial charge on any atom is -0.456 e. The number of rotatable bonds is 14. The molecule has 17 aromatic carbocycles. The Bertz CT molecular complexity index is 8650. The summed E-state index contributed by atoms with van der Waals surface area (Å²) in [7, 11) is -7.26. The Labute approximate surface area is 717 Å². The Kier molecular flexibility index (Phi) is 15.5. The van der Waals surface area contributed by atoms with Gasteiger partial charge < -0.3 is 8.98 Å². The molecule has 9 aromatic heterocycles. The lowest BCUT2D eigenvalue weighted by Gasteiger charge is -2.33. The van der Waals surface area contributed by atoms with Crippen molar-refractivity contribution in [3.63, 3.8) is 0 Å². The first-order valence-corrected chi connectivity index (χ1v) is 46.5. The zero-order valence-electron chi connectivity index (χ0n) is 67.3. The van der Waals surface area contributed by atoms with Crippen LogP contribution in [-0.4, -0.2) is 68.3 Å². The van der Waals surface area contributed by atoms with E-state index in [0.717, 1.165) is 203 Å². The number of hydrogen-bond acceptors (Lipinski definition) is 6. The number of fused-ring (bicyclic) bond motifs is 20. The van der Waals surface area contributed by atoms with E-state index in [-0.39, 0.29) is 0 Å². The summed E-state index contributed by atoms with van der Waals surface area (Å²) in [5.41, 5.74) is 18.5. The fourth-order valence-electron chi connectivity index (χ4n) is 20.8. The van der Waals surface area contributed by atoms with Gasteiger partial charge in [0.1, 0.15) is 45.3 Å². The molecule has 125 heavy (non-hydrogen) atoms. The van der Waals surface area contributed by atoms with Crippen LogP contribution in [0, 0.1) is 0 Å². The van der Waals surface area contributed by atoms with E-state index in [4.69, 9.17) is 29.3 Å². The molecular formula is C111H71N11OSi2. The number of furan rings is 1. The van der Waals surface area contributed by atoms with Gasteiger partial charge in [-0.2, -0.15) is 0 Å². The number of nitrogens with zero attached hydrogens (tertiary/aromatic N) is 11. The van der Waals surface area contributed by atoms with Crippen molar-refractivity contribution in [2.45, 2.75) is 0 Å². The van der Waals surface area contributed by atoms with Crippen LogP contribution in [0.5, 0.6) is 0 Å². The third-order valence-corrected chi connectivity index (χ3v) is 35.1. The van der Waals surface area contributed by atoms with E-state index in [9.17, 15) is 0 Å². The van der Waals surface area contributed by atoms with Gasteiger partial charge in [0.15, 0.2) is 0 Å². The molecule has 0 aliphatic heterocycles. The van der Waals surface area contributed by atoms with Crippen molar-refractivity contribution in [1.29, 1.82) is 0 Å². The first-order valence-electron chi connectivity index (χ1n) is 42.5. The van der Waals surface area contributed by atoms with Crippen LogP contribution in [0.15, 0.2) is 435 Å². The van der Waals surface area contributed by atoms with Crippen molar-refractivity contribution < 1.29 is 4.42 Å². The third kappa shape index (κ3) is 10.3. The van der Waals surface area contributed by atoms with Gasteiger partial charge in [0, 0.05) is 76.9 Å². The lowest BCUT2D eigenvalue weighted by atomic mass is 10.0. The van der Waals surface area contributed by atoms with E-state index in [1.165, 1.54) is 10.8 Å². The number of benzene rings is 17. The van der Waals surface area contributed by atoms with Gasteiger partial charge in [-0.1, -0.05) is 322 Å².